The molecule has 3 aromatic heterocycles. The number of halogens is 1. The van der Waals surface area contributed by atoms with Crippen LogP contribution >= 0.6 is 11.6 Å². The van der Waals surface area contributed by atoms with Gasteiger partial charge >= 0.3 is 0 Å². The Morgan fingerprint density at radius 3 is 2.97 bits per heavy atom. The summed E-state index contributed by atoms with van der Waals surface area (Å²) in [6, 6.07) is 1.62. The average Bonchev–Trinajstić information content (AvgIpc) is 3.34. The smallest absolute Gasteiger partial charge is 0.251 e. The Balaban J connectivity index is 1.74. The van der Waals surface area contributed by atoms with Crippen molar-refractivity contribution in [1.82, 2.24) is 29.8 Å². The molecule has 1 fully saturated rings. The van der Waals surface area contributed by atoms with E-state index in [-0.39, 0.29) is 11.5 Å². The van der Waals surface area contributed by atoms with Crippen molar-refractivity contribution in [1.29, 1.82) is 0 Å². The van der Waals surface area contributed by atoms with Gasteiger partial charge in [0.05, 0.1) is 18.0 Å². The zero-order valence-corrected chi connectivity index (χ0v) is 17.5. The van der Waals surface area contributed by atoms with Gasteiger partial charge in [0, 0.05) is 42.7 Å². The number of nitrogens with one attached hydrogen (secondary N) is 2. The SMILES string of the molecule is [2H]C([2H])([2H])NC(=O)[C@H]1O[C@@H](n2cnc3c(NCCOC)nc(-c4cncc(Cl)c4)nc32)[C@H](O)[C@@H]1O. The van der Waals surface area contributed by atoms with Crippen LogP contribution in [-0.2, 0) is 14.3 Å². The van der Waals surface area contributed by atoms with Crippen LogP contribution in [0.5, 0.6) is 0 Å². The van der Waals surface area contributed by atoms with Crippen molar-refractivity contribution in [3.8, 4) is 11.4 Å². The number of ether oxygens (including phenoxy) is 2. The molecule has 4 heterocycles. The third-order valence-corrected chi connectivity index (χ3v) is 5.08. The molecule has 0 aromatic carbocycles. The number of methoxy groups -OCH3 is 1. The van der Waals surface area contributed by atoms with Gasteiger partial charge in [-0.2, -0.15) is 0 Å². The first-order valence-electron chi connectivity index (χ1n) is 11.0. The van der Waals surface area contributed by atoms with Crippen molar-refractivity contribution in [2.24, 2.45) is 0 Å². The molecule has 0 spiro atoms. The van der Waals surface area contributed by atoms with Crippen LogP contribution < -0.4 is 10.6 Å². The summed E-state index contributed by atoms with van der Waals surface area (Å²) in [7, 11) is 1.55. The van der Waals surface area contributed by atoms with E-state index in [0.717, 1.165) is 0 Å². The first kappa shape index (κ1) is 18.7. The number of aliphatic hydroxyl groups is 2. The standard InChI is InChI=1S/C19H22ClN7O5/c1-21-18(30)14-12(28)13(29)19(32-14)27-8-24-11-16(23-3-4-31-2)25-15(26-17(11)27)9-5-10(20)7-22-6-9/h5-8,12-14,19,28-29H,3-4H2,1-2H3,(H,21,30)(H,23,25,26)/t12-,13+,14-,19+/m0/s1/i1D3. The topological polar surface area (TPSA) is 157 Å². The first-order chi connectivity index (χ1) is 16.6. The maximum Gasteiger partial charge on any atom is 0.251 e. The van der Waals surface area contributed by atoms with Crippen LogP contribution in [0.1, 0.15) is 10.3 Å². The summed E-state index contributed by atoms with van der Waals surface area (Å²) in [6.45, 7) is -2.00. The van der Waals surface area contributed by atoms with Crippen molar-refractivity contribution in [3.05, 3.63) is 29.8 Å². The molecule has 1 saturated heterocycles. The fraction of sp³-hybridized carbons (Fsp3) is 0.421. The quantitative estimate of drug-likeness (QED) is 0.348. The summed E-state index contributed by atoms with van der Waals surface area (Å²) >= 11 is 6.07. The number of hydrogen-bond donors (Lipinski definition) is 4. The molecule has 1 aliphatic rings. The maximum atomic E-state index is 12.3. The lowest BCUT2D eigenvalue weighted by Crippen LogP contribution is -2.41. The average molecular weight is 467 g/mol. The van der Waals surface area contributed by atoms with Gasteiger partial charge in [0.1, 0.15) is 12.2 Å². The number of carbonyl (C=O) groups is 1. The Kier molecular flexibility index (Phi) is 5.42. The fourth-order valence-electron chi connectivity index (χ4n) is 3.34. The lowest BCUT2D eigenvalue weighted by atomic mass is 10.1. The Labute approximate surface area is 191 Å². The molecule has 4 rings (SSSR count). The number of amides is 1. The van der Waals surface area contributed by atoms with Gasteiger partial charge in [-0.1, -0.05) is 11.6 Å². The van der Waals surface area contributed by atoms with Crippen molar-refractivity contribution < 1.29 is 28.6 Å². The molecular formula is C19H22ClN7O5. The zero-order valence-electron chi connectivity index (χ0n) is 19.8. The minimum absolute atomic E-state index is 0.211. The Morgan fingerprint density at radius 2 is 2.22 bits per heavy atom. The molecule has 1 aliphatic heterocycles. The largest absolute Gasteiger partial charge is 0.387 e. The van der Waals surface area contributed by atoms with Gasteiger partial charge < -0.3 is 30.3 Å². The lowest BCUT2D eigenvalue weighted by molar-refractivity contribution is -0.137. The van der Waals surface area contributed by atoms with Gasteiger partial charge in [0.2, 0.25) is 0 Å². The van der Waals surface area contributed by atoms with Crippen molar-refractivity contribution in [2.45, 2.75) is 24.5 Å². The second-order valence-electron chi connectivity index (χ2n) is 6.95. The number of carbonyl (C=O) groups excluding carboxylic acids is 1. The Hall–Kier alpha value is -2.90. The molecule has 170 valence electrons. The van der Waals surface area contributed by atoms with Gasteiger partial charge in [-0.15, -0.1) is 0 Å². The molecule has 32 heavy (non-hydrogen) atoms. The summed E-state index contributed by atoms with van der Waals surface area (Å²) in [4.78, 5) is 29.7. The van der Waals surface area contributed by atoms with Crippen molar-refractivity contribution in [3.63, 3.8) is 0 Å². The number of anilines is 1. The molecule has 1 amide bonds. The van der Waals surface area contributed by atoms with E-state index in [1.807, 2.05) is 0 Å². The number of likely N-dealkylation sites (N-methyl/N-ethyl adjacent to an activating group) is 1. The summed E-state index contributed by atoms with van der Waals surface area (Å²) in [6.07, 6.45) is -1.92. The molecule has 0 bridgehead atoms. The van der Waals surface area contributed by atoms with E-state index in [9.17, 15) is 15.0 Å². The van der Waals surface area contributed by atoms with Crippen LogP contribution in [0.3, 0.4) is 0 Å². The van der Waals surface area contributed by atoms with Gasteiger partial charge in [-0.3, -0.25) is 14.3 Å². The van der Waals surface area contributed by atoms with Gasteiger partial charge in [-0.05, 0) is 6.07 Å². The Morgan fingerprint density at radius 1 is 1.38 bits per heavy atom. The van der Waals surface area contributed by atoms with E-state index in [1.54, 1.807) is 18.5 Å². The number of nitrogens with zero attached hydrogens (tertiary/aromatic N) is 5. The first-order valence-corrected chi connectivity index (χ1v) is 9.89. The Bertz CT molecular complexity index is 1230. The van der Waals surface area contributed by atoms with E-state index in [4.69, 9.17) is 25.2 Å². The van der Waals surface area contributed by atoms with Crippen LogP contribution in [0.25, 0.3) is 22.6 Å². The molecule has 0 unspecified atom stereocenters. The molecular weight excluding hydrogens is 442 g/mol. The van der Waals surface area contributed by atoms with Crippen LogP contribution in [0.15, 0.2) is 24.8 Å². The highest BCUT2D eigenvalue weighted by atomic mass is 35.5. The normalized spacial score (nSPS) is 24.7. The maximum absolute atomic E-state index is 12.3. The minimum atomic E-state index is -2.79. The second-order valence-corrected chi connectivity index (χ2v) is 7.39. The molecule has 0 aliphatic carbocycles. The van der Waals surface area contributed by atoms with Gasteiger partial charge in [0.25, 0.3) is 5.91 Å². The molecule has 4 N–H and O–H groups in total. The van der Waals surface area contributed by atoms with Gasteiger partial charge in [0.15, 0.2) is 35.1 Å². The fourth-order valence-corrected chi connectivity index (χ4v) is 3.51. The number of rotatable bonds is 7. The molecule has 13 heteroatoms. The van der Waals surface area contributed by atoms with Crippen LogP contribution in [0, 0.1) is 0 Å². The summed E-state index contributed by atoms with van der Waals surface area (Å²) in [5.41, 5.74) is 1.04. The van der Waals surface area contributed by atoms with Crippen LogP contribution in [0.4, 0.5) is 5.82 Å². The highest BCUT2D eigenvalue weighted by molar-refractivity contribution is 6.30. The molecule has 3 aromatic rings. The monoisotopic (exact) mass is 466 g/mol. The number of aliphatic hydroxyl groups excluding tert-OH is 2. The van der Waals surface area contributed by atoms with E-state index >= 15 is 0 Å². The van der Waals surface area contributed by atoms with Crippen molar-refractivity contribution in [2.75, 3.05) is 32.6 Å². The highest BCUT2D eigenvalue weighted by Gasteiger charge is 2.47. The summed E-state index contributed by atoms with van der Waals surface area (Å²) in [5.74, 6) is -0.505. The van der Waals surface area contributed by atoms with Gasteiger partial charge in [-0.25, -0.2) is 15.0 Å². The third-order valence-electron chi connectivity index (χ3n) is 4.88. The van der Waals surface area contributed by atoms with E-state index in [0.29, 0.717) is 35.1 Å². The number of pyridine rings is 1. The number of fused-ring (bicyclic) bond motifs is 1. The van der Waals surface area contributed by atoms with Crippen molar-refractivity contribution >= 4 is 34.5 Å². The number of imidazole rings is 1. The van der Waals surface area contributed by atoms with E-state index in [1.165, 1.54) is 23.3 Å². The molecule has 4 atom stereocenters. The number of aromatic nitrogens is 5. The van der Waals surface area contributed by atoms with E-state index in [2.05, 4.69) is 25.3 Å². The predicted octanol–water partition coefficient (Wildman–Crippen LogP) is -0.0348. The molecule has 0 saturated carbocycles. The minimum Gasteiger partial charge on any atom is -0.387 e. The highest BCUT2D eigenvalue weighted by Crippen LogP contribution is 2.33. The predicted molar refractivity (Wildman–Crippen MR) is 114 cm³/mol. The number of hydrogen-bond acceptors (Lipinski definition) is 10. The summed E-state index contributed by atoms with van der Waals surface area (Å²) < 4.78 is 33.6. The summed E-state index contributed by atoms with van der Waals surface area (Å²) in [5, 5.41) is 26.3. The van der Waals surface area contributed by atoms with Crippen LogP contribution in [0.2, 0.25) is 5.02 Å². The van der Waals surface area contributed by atoms with Crippen LogP contribution in [-0.4, -0.2) is 86.2 Å². The lowest BCUT2D eigenvalue weighted by Gasteiger charge is -2.17. The molecule has 0 radical (unpaired) electrons. The zero-order chi connectivity index (χ0) is 25.3. The van der Waals surface area contributed by atoms with E-state index < -0.39 is 37.4 Å². The second kappa shape index (κ2) is 9.30. The molecule has 12 nitrogen and oxygen atoms in total. The third kappa shape index (κ3) is 4.10.